The normalized spacial score (nSPS) is 17.4. The van der Waals surface area contributed by atoms with Crippen LogP contribution in [0.1, 0.15) is 27.7 Å². The quantitative estimate of drug-likeness (QED) is 0.915. The molecule has 3 rings (SSSR count). The van der Waals surface area contributed by atoms with Crippen LogP contribution in [0.5, 0.6) is 5.75 Å². The van der Waals surface area contributed by atoms with Crippen LogP contribution in [0.2, 0.25) is 0 Å². The summed E-state index contributed by atoms with van der Waals surface area (Å²) >= 11 is 1.39. The van der Waals surface area contributed by atoms with Crippen molar-refractivity contribution in [3.63, 3.8) is 0 Å². The molecule has 0 radical (unpaired) electrons. The molecule has 1 N–H and O–H groups in total. The van der Waals surface area contributed by atoms with Crippen LogP contribution < -0.4 is 10.1 Å². The molecule has 1 amide bonds. The Bertz CT molecular complexity index is 597. The highest BCUT2D eigenvalue weighted by molar-refractivity contribution is 7.12. The second-order valence-corrected chi connectivity index (χ2v) is 5.27. The maximum absolute atomic E-state index is 13.3. The van der Waals surface area contributed by atoms with Crippen LogP contribution in [0, 0.1) is 5.82 Å². The molecule has 2 heterocycles. The van der Waals surface area contributed by atoms with Gasteiger partial charge in [-0.3, -0.25) is 4.79 Å². The molecule has 1 aromatic heterocycles. The van der Waals surface area contributed by atoms with Gasteiger partial charge in [-0.15, -0.1) is 11.3 Å². The molecule has 98 valence electrons. The molecular weight excluding hydrogens is 265 g/mol. The lowest BCUT2D eigenvalue weighted by Gasteiger charge is -2.26. The van der Waals surface area contributed by atoms with Crippen molar-refractivity contribution in [1.29, 1.82) is 0 Å². The number of thiophene rings is 1. The number of fused-ring (bicyclic) bond motifs is 1. The predicted molar refractivity (Wildman–Crippen MR) is 71.0 cm³/mol. The number of halogens is 1. The summed E-state index contributed by atoms with van der Waals surface area (Å²) in [5, 5.41) is 4.78. The van der Waals surface area contributed by atoms with Gasteiger partial charge in [-0.1, -0.05) is 6.07 Å². The second-order valence-electron chi connectivity index (χ2n) is 4.32. The molecule has 3 nitrogen and oxygen atoms in total. The maximum Gasteiger partial charge on any atom is 0.261 e. The highest BCUT2D eigenvalue weighted by Gasteiger charge is 2.24. The molecule has 0 bridgehead atoms. The van der Waals surface area contributed by atoms with Crippen LogP contribution >= 0.6 is 11.3 Å². The lowest BCUT2D eigenvalue weighted by Crippen LogP contribution is -2.31. The van der Waals surface area contributed by atoms with Gasteiger partial charge < -0.3 is 10.1 Å². The highest BCUT2D eigenvalue weighted by atomic mass is 32.1. The third kappa shape index (κ3) is 2.46. The number of ether oxygens (including phenoxy) is 1. The van der Waals surface area contributed by atoms with Crippen molar-refractivity contribution < 1.29 is 13.9 Å². The van der Waals surface area contributed by atoms with Crippen LogP contribution in [-0.2, 0) is 0 Å². The van der Waals surface area contributed by atoms with Gasteiger partial charge in [0.05, 0.1) is 17.5 Å². The van der Waals surface area contributed by atoms with Crippen LogP contribution in [0.3, 0.4) is 0 Å². The van der Waals surface area contributed by atoms with Gasteiger partial charge in [0.25, 0.3) is 5.91 Å². The third-order valence-corrected chi connectivity index (χ3v) is 3.93. The number of carbonyl (C=O) groups is 1. The molecule has 2 aromatic rings. The predicted octanol–water partition coefficient (Wildman–Crippen LogP) is 3.14. The first-order chi connectivity index (χ1) is 9.24. The van der Waals surface area contributed by atoms with E-state index in [1.165, 1.54) is 23.5 Å². The number of amides is 1. The molecule has 1 aliphatic rings. The number of hydrogen-bond acceptors (Lipinski definition) is 3. The first-order valence-corrected chi connectivity index (χ1v) is 6.88. The lowest BCUT2D eigenvalue weighted by molar-refractivity contribution is 0.0928. The van der Waals surface area contributed by atoms with Crippen molar-refractivity contribution in [2.24, 2.45) is 0 Å². The summed E-state index contributed by atoms with van der Waals surface area (Å²) in [4.78, 5) is 12.7. The Balaban J connectivity index is 1.84. The largest absolute Gasteiger partial charge is 0.493 e. The molecule has 5 heteroatoms. The Morgan fingerprint density at radius 1 is 1.42 bits per heavy atom. The van der Waals surface area contributed by atoms with Gasteiger partial charge in [0.1, 0.15) is 11.6 Å². The Labute approximate surface area is 114 Å². The number of benzene rings is 1. The first kappa shape index (κ1) is 12.2. The van der Waals surface area contributed by atoms with Crippen molar-refractivity contribution >= 4 is 17.2 Å². The Hall–Kier alpha value is -1.88. The Kier molecular flexibility index (Phi) is 3.21. The molecule has 0 fully saturated rings. The summed E-state index contributed by atoms with van der Waals surface area (Å²) in [6.45, 7) is 0.522. The zero-order valence-electron chi connectivity index (χ0n) is 10.1. The number of hydrogen-bond donors (Lipinski definition) is 1. The van der Waals surface area contributed by atoms with E-state index in [-0.39, 0.29) is 17.8 Å². The number of carbonyl (C=O) groups excluding carboxylic acids is 1. The van der Waals surface area contributed by atoms with E-state index in [1.807, 2.05) is 11.4 Å². The highest BCUT2D eigenvalue weighted by Crippen LogP contribution is 2.32. The molecule has 0 saturated carbocycles. The zero-order chi connectivity index (χ0) is 13.2. The SMILES string of the molecule is O=C(NC1CCOc2ccc(F)cc21)c1cccs1. The van der Waals surface area contributed by atoms with E-state index in [4.69, 9.17) is 4.74 Å². The van der Waals surface area contributed by atoms with E-state index in [2.05, 4.69) is 5.32 Å². The smallest absolute Gasteiger partial charge is 0.261 e. The number of rotatable bonds is 2. The van der Waals surface area contributed by atoms with Gasteiger partial charge >= 0.3 is 0 Å². The second kappa shape index (κ2) is 5.01. The number of nitrogens with one attached hydrogen (secondary N) is 1. The monoisotopic (exact) mass is 277 g/mol. The molecule has 19 heavy (non-hydrogen) atoms. The minimum Gasteiger partial charge on any atom is -0.493 e. The summed E-state index contributed by atoms with van der Waals surface area (Å²) in [6.07, 6.45) is 0.646. The fraction of sp³-hybridized carbons (Fsp3) is 0.214. The summed E-state index contributed by atoms with van der Waals surface area (Å²) < 4.78 is 18.8. The van der Waals surface area contributed by atoms with Crippen molar-refractivity contribution in [2.45, 2.75) is 12.5 Å². The fourth-order valence-electron chi connectivity index (χ4n) is 2.15. The summed E-state index contributed by atoms with van der Waals surface area (Å²) in [5.74, 6) is 0.195. The lowest BCUT2D eigenvalue weighted by atomic mass is 10.0. The molecule has 0 saturated heterocycles. The van der Waals surface area contributed by atoms with Crippen molar-refractivity contribution in [3.8, 4) is 5.75 Å². The first-order valence-electron chi connectivity index (χ1n) is 6.00. The van der Waals surface area contributed by atoms with Gasteiger partial charge in [-0.25, -0.2) is 4.39 Å². The van der Waals surface area contributed by atoms with E-state index < -0.39 is 0 Å². The van der Waals surface area contributed by atoms with E-state index in [0.717, 1.165) is 0 Å². The van der Waals surface area contributed by atoms with Gasteiger partial charge in [-0.2, -0.15) is 0 Å². The van der Waals surface area contributed by atoms with Crippen molar-refractivity contribution in [3.05, 3.63) is 52.0 Å². The average molecular weight is 277 g/mol. The molecule has 0 aliphatic carbocycles. The summed E-state index contributed by atoms with van der Waals surface area (Å²) in [5.41, 5.74) is 0.705. The van der Waals surface area contributed by atoms with E-state index in [0.29, 0.717) is 29.2 Å². The van der Waals surface area contributed by atoms with E-state index in [9.17, 15) is 9.18 Å². The minimum absolute atomic E-state index is 0.128. The van der Waals surface area contributed by atoms with Crippen LogP contribution in [0.15, 0.2) is 35.7 Å². The minimum atomic E-state index is -0.320. The topological polar surface area (TPSA) is 38.3 Å². The van der Waals surface area contributed by atoms with Gasteiger partial charge in [0.15, 0.2) is 0 Å². The van der Waals surface area contributed by atoms with Crippen molar-refractivity contribution in [2.75, 3.05) is 6.61 Å². The molecule has 0 spiro atoms. The Morgan fingerprint density at radius 2 is 2.32 bits per heavy atom. The fourth-order valence-corrected chi connectivity index (χ4v) is 2.78. The van der Waals surface area contributed by atoms with Crippen LogP contribution in [-0.4, -0.2) is 12.5 Å². The van der Waals surface area contributed by atoms with E-state index >= 15 is 0 Å². The third-order valence-electron chi connectivity index (χ3n) is 3.06. The molecule has 1 unspecified atom stereocenters. The Morgan fingerprint density at radius 3 is 3.11 bits per heavy atom. The standard InChI is InChI=1S/C14H12FNO2S/c15-9-3-4-12-10(8-9)11(5-6-18-12)16-14(17)13-2-1-7-19-13/h1-4,7-8,11H,5-6H2,(H,16,17). The molecular formula is C14H12FNO2S. The van der Waals surface area contributed by atoms with Gasteiger partial charge in [0, 0.05) is 12.0 Å². The molecule has 1 aromatic carbocycles. The molecule has 1 aliphatic heterocycles. The van der Waals surface area contributed by atoms with Gasteiger partial charge in [-0.05, 0) is 29.6 Å². The van der Waals surface area contributed by atoms with Crippen LogP contribution in [0.25, 0.3) is 0 Å². The summed E-state index contributed by atoms with van der Waals surface area (Å²) in [7, 11) is 0. The van der Waals surface area contributed by atoms with Crippen LogP contribution in [0.4, 0.5) is 4.39 Å². The zero-order valence-corrected chi connectivity index (χ0v) is 10.9. The maximum atomic E-state index is 13.3. The van der Waals surface area contributed by atoms with Crippen molar-refractivity contribution in [1.82, 2.24) is 5.32 Å². The average Bonchev–Trinajstić information content (AvgIpc) is 2.93. The molecule has 1 atom stereocenters. The van der Waals surface area contributed by atoms with E-state index in [1.54, 1.807) is 12.1 Å². The van der Waals surface area contributed by atoms with Gasteiger partial charge in [0.2, 0.25) is 0 Å². The summed E-state index contributed by atoms with van der Waals surface area (Å²) in [6, 6.07) is 7.79.